The van der Waals surface area contributed by atoms with Crippen LogP contribution in [0.3, 0.4) is 0 Å². The Bertz CT molecular complexity index is 1140. The molecular weight excluding hydrogens is 330 g/mol. The van der Waals surface area contributed by atoms with Crippen molar-refractivity contribution in [3.8, 4) is 0 Å². The van der Waals surface area contributed by atoms with Gasteiger partial charge in [0.2, 0.25) is 0 Å². The van der Waals surface area contributed by atoms with Crippen molar-refractivity contribution in [1.82, 2.24) is 24.5 Å². The number of nitrogens with two attached hydrogens (primary N) is 1. The number of imidazole rings is 1. The fraction of sp³-hybridized carbons (Fsp3) is 0.278. The predicted octanol–water partition coefficient (Wildman–Crippen LogP) is 2.02. The van der Waals surface area contributed by atoms with E-state index in [9.17, 15) is 4.79 Å². The van der Waals surface area contributed by atoms with Crippen LogP contribution >= 0.6 is 0 Å². The zero-order chi connectivity index (χ0) is 17.7. The average Bonchev–Trinajstić information content (AvgIpc) is 3.25. The number of anilines is 2. The molecule has 0 spiro atoms. The number of hydrogen-bond acceptors (Lipinski definition) is 5. The van der Waals surface area contributed by atoms with Crippen LogP contribution in [-0.4, -0.2) is 37.6 Å². The number of nitrogens with zero attached hydrogens (tertiary/aromatic N) is 4. The number of pyridine rings is 2. The van der Waals surface area contributed by atoms with Crippen LogP contribution in [-0.2, 0) is 0 Å². The molecule has 0 aromatic carbocycles. The highest BCUT2D eigenvalue weighted by atomic mass is 16.1. The lowest BCUT2D eigenvalue weighted by atomic mass is 10.0. The number of aromatic nitrogens is 5. The van der Waals surface area contributed by atoms with E-state index in [1.54, 1.807) is 12.4 Å². The third-order valence-electron chi connectivity index (χ3n) is 5.12. The Hall–Kier alpha value is -3.29. The molecule has 5 heterocycles. The molecule has 4 N–H and O–H groups in total. The largest absolute Gasteiger partial charge is 0.397 e. The number of nitrogen functional groups attached to an aromatic ring is 1. The van der Waals surface area contributed by atoms with Crippen molar-refractivity contribution in [2.45, 2.75) is 18.9 Å². The number of nitrogens with one attached hydrogen (secondary N) is 2. The Morgan fingerprint density at radius 1 is 1.19 bits per heavy atom. The van der Waals surface area contributed by atoms with Crippen molar-refractivity contribution < 1.29 is 0 Å². The maximum Gasteiger partial charge on any atom is 0.326 e. The molecule has 0 unspecified atom stereocenters. The summed E-state index contributed by atoms with van der Waals surface area (Å²) >= 11 is 0. The van der Waals surface area contributed by atoms with E-state index >= 15 is 0 Å². The summed E-state index contributed by atoms with van der Waals surface area (Å²) in [5.41, 5.74) is 8.78. The molecule has 1 saturated heterocycles. The molecule has 4 aromatic rings. The topological polar surface area (TPSA) is 109 Å². The second-order valence-electron chi connectivity index (χ2n) is 6.75. The van der Waals surface area contributed by atoms with Gasteiger partial charge in [0, 0.05) is 24.7 Å². The van der Waals surface area contributed by atoms with Crippen LogP contribution in [0.4, 0.5) is 11.5 Å². The summed E-state index contributed by atoms with van der Waals surface area (Å²) in [6.45, 7) is 1.66. The molecule has 1 aliphatic heterocycles. The monoisotopic (exact) mass is 349 g/mol. The third-order valence-corrected chi connectivity index (χ3v) is 5.12. The summed E-state index contributed by atoms with van der Waals surface area (Å²) in [6, 6.07) is 5.84. The van der Waals surface area contributed by atoms with E-state index in [-0.39, 0.29) is 11.7 Å². The zero-order valence-electron chi connectivity index (χ0n) is 14.1. The molecule has 26 heavy (non-hydrogen) atoms. The van der Waals surface area contributed by atoms with Crippen LogP contribution in [0.1, 0.15) is 18.9 Å². The van der Waals surface area contributed by atoms with Gasteiger partial charge < -0.3 is 20.6 Å². The van der Waals surface area contributed by atoms with Gasteiger partial charge in [0.05, 0.1) is 35.2 Å². The number of hydrogen-bond donors (Lipinski definition) is 3. The number of H-pyrrole nitrogens is 2. The quantitative estimate of drug-likeness (QED) is 0.513. The maximum atomic E-state index is 12.7. The molecule has 1 aliphatic rings. The van der Waals surface area contributed by atoms with Crippen LogP contribution in [0.5, 0.6) is 0 Å². The van der Waals surface area contributed by atoms with E-state index in [0.717, 1.165) is 53.8 Å². The SMILES string of the molecule is Nc1ccc(N2CCC[C@@H](n3c(=O)[nH]c4cnc5[nH]ccc5c43)C2)nc1. The second-order valence-corrected chi connectivity index (χ2v) is 6.75. The Balaban J connectivity index is 1.59. The highest BCUT2D eigenvalue weighted by Gasteiger charge is 2.26. The van der Waals surface area contributed by atoms with Gasteiger partial charge in [-0.3, -0.25) is 4.57 Å². The first-order valence-electron chi connectivity index (χ1n) is 8.73. The van der Waals surface area contributed by atoms with Crippen molar-refractivity contribution in [3.63, 3.8) is 0 Å². The lowest BCUT2D eigenvalue weighted by Gasteiger charge is -2.34. The molecule has 0 amide bonds. The first-order valence-corrected chi connectivity index (χ1v) is 8.73. The van der Waals surface area contributed by atoms with E-state index in [2.05, 4.69) is 24.8 Å². The maximum absolute atomic E-state index is 12.7. The van der Waals surface area contributed by atoms with E-state index in [4.69, 9.17) is 5.73 Å². The predicted molar refractivity (Wildman–Crippen MR) is 101 cm³/mol. The van der Waals surface area contributed by atoms with Gasteiger partial charge >= 0.3 is 5.69 Å². The zero-order valence-corrected chi connectivity index (χ0v) is 14.1. The lowest BCUT2D eigenvalue weighted by Crippen LogP contribution is -2.39. The summed E-state index contributed by atoms with van der Waals surface area (Å²) in [7, 11) is 0. The van der Waals surface area contributed by atoms with Gasteiger partial charge in [-0.05, 0) is 31.0 Å². The van der Waals surface area contributed by atoms with Gasteiger partial charge in [-0.15, -0.1) is 0 Å². The third kappa shape index (κ3) is 2.26. The number of fused-ring (bicyclic) bond motifs is 3. The molecule has 1 fully saturated rings. The molecular formula is C18H19N7O. The Labute approximate surface area is 148 Å². The molecule has 8 nitrogen and oxygen atoms in total. The smallest absolute Gasteiger partial charge is 0.326 e. The summed E-state index contributed by atoms with van der Waals surface area (Å²) < 4.78 is 1.89. The standard InChI is InChI=1S/C18H19N7O/c19-11-3-4-15(21-8-11)24-7-1-2-12(10-24)25-16-13-5-6-20-17(13)22-9-14(16)23-18(25)26/h3-6,8-9,12H,1-2,7,10,19H2,(H,20,22)(H,23,26)/t12-/m1/s1. The van der Waals surface area contributed by atoms with Crippen LogP contribution in [0.2, 0.25) is 0 Å². The molecule has 0 saturated carbocycles. The molecule has 0 radical (unpaired) electrons. The fourth-order valence-corrected chi connectivity index (χ4v) is 3.93. The minimum absolute atomic E-state index is 0.0739. The Kier molecular flexibility index (Phi) is 3.24. The first-order chi connectivity index (χ1) is 12.7. The molecule has 4 aromatic heterocycles. The van der Waals surface area contributed by atoms with Crippen molar-refractivity contribution in [1.29, 1.82) is 0 Å². The summed E-state index contributed by atoms with van der Waals surface area (Å²) in [6.07, 6.45) is 7.19. The first kappa shape index (κ1) is 15.0. The highest BCUT2D eigenvalue weighted by molar-refractivity contribution is 6.00. The van der Waals surface area contributed by atoms with Gasteiger partial charge in [-0.25, -0.2) is 14.8 Å². The van der Waals surface area contributed by atoms with Crippen LogP contribution in [0.25, 0.3) is 22.1 Å². The number of piperidine rings is 1. The van der Waals surface area contributed by atoms with Gasteiger partial charge in [0.1, 0.15) is 11.5 Å². The van der Waals surface area contributed by atoms with Crippen molar-refractivity contribution in [2.24, 2.45) is 0 Å². The highest BCUT2D eigenvalue weighted by Crippen LogP contribution is 2.29. The van der Waals surface area contributed by atoms with Gasteiger partial charge in [-0.2, -0.15) is 0 Å². The molecule has 132 valence electrons. The molecule has 0 aliphatic carbocycles. The second kappa shape index (κ2) is 5.62. The lowest BCUT2D eigenvalue weighted by molar-refractivity contribution is 0.404. The normalized spacial score (nSPS) is 18.0. The van der Waals surface area contributed by atoms with E-state index in [1.165, 1.54) is 0 Å². The van der Waals surface area contributed by atoms with E-state index < -0.39 is 0 Å². The van der Waals surface area contributed by atoms with Crippen LogP contribution < -0.4 is 16.3 Å². The number of aromatic amines is 2. The van der Waals surface area contributed by atoms with Gasteiger partial charge in [0.25, 0.3) is 0 Å². The Morgan fingerprint density at radius 3 is 2.96 bits per heavy atom. The average molecular weight is 349 g/mol. The van der Waals surface area contributed by atoms with Crippen molar-refractivity contribution in [2.75, 3.05) is 23.7 Å². The van der Waals surface area contributed by atoms with Crippen molar-refractivity contribution >= 4 is 33.6 Å². The summed E-state index contributed by atoms with van der Waals surface area (Å²) in [5.74, 6) is 0.894. The summed E-state index contributed by atoms with van der Waals surface area (Å²) in [5, 5.41) is 0.962. The minimum Gasteiger partial charge on any atom is -0.397 e. The van der Waals surface area contributed by atoms with Gasteiger partial charge in [-0.1, -0.05) is 0 Å². The molecule has 0 bridgehead atoms. The minimum atomic E-state index is -0.0902. The Morgan fingerprint density at radius 2 is 2.12 bits per heavy atom. The molecule has 5 rings (SSSR count). The molecule has 1 atom stereocenters. The molecule has 8 heteroatoms. The van der Waals surface area contributed by atoms with Crippen LogP contribution in [0, 0.1) is 0 Å². The number of rotatable bonds is 2. The van der Waals surface area contributed by atoms with Crippen molar-refractivity contribution in [3.05, 3.63) is 47.3 Å². The van der Waals surface area contributed by atoms with Crippen LogP contribution in [0.15, 0.2) is 41.6 Å². The van der Waals surface area contributed by atoms with E-state index in [1.807, 2.05) is 29.0 Å². The van der Waals surface area contributed by atoms with E-state index in [0.29, 0.717) is 5.69 Å². The summed E-state index contributed by atoms with van der Waals surface area (Å²) in [4.78, 5) is 29.8. The fourth-order valence-electron chi connectivity index (χ4n) is 3.93. The van der Waals surface area contributed by atoms with Gasteiger partial charge in [0.15, 0.2) is 0 Å².